The maximum atomic E-state index is 6.54. The zero-order chi connectivity index (χ0) is 18.4. The van der Waals surface area contributed by atoms with Gasteiger partial charge in [0.25, 0.3) is 0 Å². The van der Waals surface area contributed by atoms with Crippen LogP contribution in [0.3, 0.4) is 0 Å². The Labute approximate surface area is 158 Å². The van der Waals surface area contributed by atoms with E-state index in [1.54, 1.807) is 4.68 Å². The van der Waals surface area contributed by atoms with E-state index >= 15 is 0 Å². The number of nitrogens with two attached hydrogens (primary N) is 1. The molecular formula is C24H14N2O2. The van der Waals surface area contributed by atoms with Crippen LogP contribution < -0.4 is 5.84 Å². The molecule has 0 aliphatic rings. The first kappa shape index (κ1) is 14.2. The maximum absolute atomic E-state index is 6.54. The lowest BCUT2D eigenvalue weighted by Crippen LogP contribution is -2.06. The van der Waals surface area contributed by atoms with E-state index in [0.717, 1.165) is 65.7 Å². The molecule has 0 aliphatic heterocycles. The average Bonchev–Trinajstić information content (AvgIpc) is 3.38. The summed E-state index contributed by atoms with van der Waals surface area (Å²) in [4.78, 5) is 0. The Morgan fingerprint density at radius 3 is 2.14 bits per heavy atom. The fraction of sp³-hybridized carbons (Fsp3) is 0. The van der Waals surface area contributed by atoms with E-state index in [9.17, 15) is 0 Å². The second-order valence-electron chi connectivity index (χ2n) is 7.24. The fourth-order valence-corrected chi connectivity index (χ4v) is 4.58. The quantitative estimate of drug-likeness (QED) is 0.322. The Morgan fingerprint density at radius 2 is 1.25 bits per heavy atom. The SMILES string of the molecule is Nn1c2ccccc2c2c3oc4c(ccc5oc6ccccc6c54)c3ccc21. The van der Waals surface area contributed by atoms with Crippen molar-refractivity contribution in [2.45, 2.75) is 0 Å². The highest BCUT2D eigenvalue weighted by Gasteiger charge is 2.19. The molecule has 2 N–H and O–H groups in total. The lowest BCUT2D eigenvalue weighted by molar-refractivity contribution is 0.664. The van der Waals surface area contributed by atoms with Crippen molar-refractivity contribution < 1.29 is 8.83 Å². The lowest BCUT2D eigenvalue weighted by Gasteiger charge is -1.97. The molecule has 3 aromatic heterocycles. The highest BCUT2D eigenvalue weighted by atomic mass is 16.3. The van der Waals surface area contributed by atoms with Crippen molar-refractivity contribution in [1.82, 2.24) is 4.68 Å². The monoisotopic (exact) mass is 362 g/mol. The van der Waals surface area contributed by atoms with Gasteiger partial charge in [-0.05, 0) is 36.4 Å². The van der Waals surface area contributed by atoms with Gasteiger partial charge < -0.3 is 14.7 Å². The van der Waals surface area contributed by atoms with E-state index in [1.165, 1.54) is 0 Å². The molecule has 0 saturated carbocycles. The van der Waals surface area contributed by atoms with Gasteiger partial charge in [-0.1, -0.05) is 36.4 Å². The van der Waals surface area contributed by atoms with Gasteiger partial charge in [0.15, 0.2) is 0 Å². The molecule has 28 heavy (non-hydrogen) atoms. The average molecular weight is 362 g/mol. The van der Waals surface area contributed by atoms with Crippen LogP contribution in [0, 0.1) is 0 Å². The van der Waals surface area contributed by atoms with E-state index in [1.807, 2.05) is 42.5 Å². The zero-order valence-corrected chi connectivity index (χ0v) is 14.8. The summed E-state index contributed by atoms with van der Waals surface area (Å²) >= 11 is 0. The van der Waals surface area contributed by atoms with Crippen molar-refractivity contribution >= 4 is 65.7 Å². The number of fused-ring (bicyclic) bond motifs is 11. The molecule has 4 aromatic carbocycles. The fourth-order valence-electron chi connectivity index (χ4n) is 4.58. The number of hydrogen-bond acceptors (Lipinski definition) is 3. The van der Waals surface area contributed by atoms with Gasteiger partial charge in [-0.3, -0.25) is 4.68 Å². The number of aromatic nitrogens is 1. The van der Waals surface area contributed by atoms with Gasteiger partial charge in [0, 0.05) is 21.5 Å². The highest BCUT2D eigenvalue weighted by molar-refractivity contribution is 6.27. The number of rotatable bonds is 0. The summed E-state index contributed by atoms with van der Waals surface area (Å²) in [5.74, 6) is 6.37. The van der Waals surface area contributed by atoms with Crippen LogP contribution in [0.2, 0.25) is 0 Å². The molecule has 3 heterocycles. The number of hydrogen-bond donors (Lipinski definition) is 1. The smallest absolute Gasteiger partial charge is 0.147 e. The summed E-state index contributed by atoms with van der Waals surface area (Å²) < 4.78 is 14.3. The second kappa shape index (κ2) is 4.67. The minimum Gasteiger partial charge on any atom is -0.456 e. The second-order valence-corrected chi connectivity index (χ2v) is 7.24. The first-order valence-corrected chi connectivity index (χ1v) is 9.25. The lowest BCUT2D eigenvalue weighted by atomic mass is 10.1. The molecule has 0 unspecified atom stereocenters. The van der Waals surface area contributed by atoms with Crippen LogP contribution in [0.5, 0.6) is 0 Å². The molecule has 0 atom stereocenters. The Hall–Kier alpha value is -3.92. The van der Waals surface area contributed by atoms with Gasteiger partial charge in [-0.2, -0.15) is 0 Å². The minimum absolute atomic E-state index is 0.838. The first-order valence-electron chi connectivity index (χ1n) is 9.25. The molecule has 0 bridgehead atoms. The molecular weight excluding hydrogens is 348 g/mol. The van der Waals surface area contributed by atoms with Crippen molar-refractivity contribution in [1.29, 1.82) is 0 Å². The summed E-state index contributed by atoms with van der Waals surface area (Å²) in [5, 5.41) is 6.41. The van der Waals surface area contributed by atoms with Crippen LogP contribution in [-0.2, 0) is 0 Å². The van der Waals surface area contributed by atoms with Crippen molar-refractivity contribution in [2.75, 3.05) is 5.84 Å². The van der Waals surface area contributed by atoms with Crippen LogP contribution in [0.1, 0.15) is 0 Å². The first-order chi connectivity index (χ1) is 13.8. The molecule has 0 aliphatic carbocycles. The molecule has 132 valence electrons. The van der Waals surface area contributed by atoms with Crippen LogP contribution >= 0.6 is 0 Å². The van der Waals surface area contributed by atoms with E-state index in [2.05, 4.69) is 30.3 Å². The van der Waals surface area contributed by atoms with Gasteiger partial charge in [-0.25, -0.2) is 0 Å². The van der Waals surface area contributed by atoms with Crippen molar-refractivity contribution in [3.63, 3.8) is 0 Å². The zero-order valence-electron chi connectivity index (χ0n) is 14.8. The van der Waals surface area contributed by atoms with Crippen LogP contribution in [-0.4, -0.2) is 4.68 Å². The molecule has 4 heteroatoms. The Kier molecular flexibility index (Phi) is 2.37. The Bertz CT molecular complexity index is 1730. The number of para-hydroxylation sites is 2. The molecule has 0 fully saturated rings. The van der Waals surface area contributed by atoms with E-state index in [4.69, 9.17) is 14.7 Å². The predicted molar refractivity (Wildman–Crippen MR) is 114 cm³/mol. The van der Waals surface area contributed by atoms with Crippen molar-refractivity contribution in [3.05, 3.63) is 72.8 Å². The standard InChI is InChI=1S/C24H14N2O2/c25-26-17-7-3-1-5-15(17)21-18(26)11-9-13-14-10-12-20-22(24(14)28-23(13)21)16-6-2-4-8-19(16)27-20/h1-12H,25H2. The van der Waals surface area contributed by atoms with Gasteiger partial charge in [-0.15, -0.1) is 0 Å². The third-order valence-electron chi connectivity index (χ3n) is 5.82. The van der Waals surface area contributed by atoms with E-state index < -0.39 is 0 Å². The third kappa shape index (κ3) is 1.53. The summed E-state index contributed by atoms with van der Waals surface area (Å²) in [6.45, 7) is 0. The highest BCUT2D eigenvalue weighted by Crippen LogP contribution is 2.42. The van der Waals surface area contributed by atoms with Crippen LogP contribution in [0.15, 0.2) is 81.6 Å². The molecule has 0 saturated heterocycles. The summed E-state index contributed by atoms with van der Waals surface area (Å²) in [5.41, 5.74) is 5.38. The Morgan fingerprint density at radius 1 is 0.536 bits per heavy atom. The molecule has 0 spiro atoms. The predicted octanol–water partition coefficient (Wildman–Crippen LogP) is 6.31. The van der Waals surface area contributed by atoms with Gasteiger partial charge in [0.2, 0.25) is 0 Å². The minimum atomic E-state index is 0.838. The van der Waals surface area contributed by atoms with Crippen molar-refractivity contribution in [2.24, 2.45) is 0 Å². The number of furan rings is 2. The third-order valence-corrected chi connectivity index (χ3v) is 5.82. The number of nitrogens with zero attached hydrogens (tertiary/aromatic N) is 1. The molecule has 0 radical (unpaired) electrons. The maximum Gasteiger partial charge on any atom is 0.147 e. The molecule has 4 nitrogen and oxygen atoms in total. The summed E-state index contributed by atoms with van der Waals surface area (Å²) in [7, 11) is 0. The van der Waals surface area contributed by atoms with Crippen LogP contribution in [0.4, 0.5) is 0 Å². The number of nitrogen functional groups attached to an aromatic ring is 1. The van der Waals surface area contributed by atoms with E-state index in [-0.39, 0.29) is 0 Å². The topological polar surface area (TPSA) is 57.2 Å². The largest absolute Gasteiger partial charge is 0.456 e. The summed E-state index contributed by atoms with van der Waals surface area (Å²) in [6.07, 6.45) is 0. The molecule has 0 amide bonds. The van der Waals surface area contributed by atoms with E-state index in [0.29, 0.717) is 0 Å². The summed E-state index contributed by atoms with van der Waals surface area (Å²) in [6, 6.07) is 24.5. The van der Waals surface area contributed by atoms with Crippen LogP contribution in [0.25, 0.3) is 65.7 Å². The van der Waals surface area contributed by atoms with Crippen molar-refractivity contribution in [3.8, 4) is 0 Å². The Balaban J connectivity index is 1.78. The molecule has 7 aromatic rings. The van der Waals surface area contributed by atoms with Gasteiger partial charge >= 0.3 is 0 Å². The molecule has 7 rings (SSSR count). The van der Waals surface area contributed by atoms with Gasteiger partial charge in [0.1, 0.15) is 22.3 Å². The normalized spacial score (nSPS) is 12.4. The number of benzene rings is 4. The van der Waals surface area contributed by atoms with Gasteiger partial charge in [0.05, 0.1) is 21.8 Å².